The molecule has 1 fully saturated rings. The van der Waals surface area contributed by atoms with E-state index in [-0.39, 0.29) is 5.54 Å². The highest BCUT2D eigenvalue weighted by Crippen LogP contribution is 2.44. The number of rotatable bonds is 1. The molecular weight excluding hydrogens is 195 g/mol. The highest BCUT2D eigenvalue weighted by atomic mass is 35.5. The van der Waals surface area contributed by atoms with Crippen LogP contribution in [0, 0.1) is 0 Å². The zero-order chi connectivity index (χ0) is 8.77. The van der Waals surface area contributed by atoms with Gasteiger partial charge in [0.1, 0.15) is 0 Å². The van der Waals surface area contributed by atoms with Gasteiger partial charge in [-0.25, -0.2) is 0 Å². The second kappa shape index (κ2) is 2.59. The lowest BCUT2D eigenvalue weighted by Crippen LogP contribution is -2.20. The first kappa shape index (κ1) is 8.30. The average Bonchev–Trinajstić information content (AvgIpc) is 2.68. The van der Waals surface area contributed by atoms with E-state index in [0.29, 0.717) is 10.0 Å². The molecule has 0 bridgehead atoms. The smallest absolute Gasteiger partial charge is 0.0789 e. The molecule has 2 N–H and O–H groups in total. The van der Waals surface area contributed by atoms with Gasteiger partial charge in [0, 0.05) is 6.20 Å². The van der Waals surface area contributed by atoms with Crippen LogP contribution in [0.5, 0.6) is 0 Å². The molecule has 1 aliphatic rings. The molecule has 1 aliphatic carbocycles. The summed E-state index contributed by atoms with van der Waals surface area (Å²) in [5.74, 6) is 0. The molecule has 2 rings (SSSR count). The van der Waals surface area contributed by atoms with Gasteiger partial charge < -0.3 is 5.73 Å². The molecule has 0 spiro atoms. The second-order valence-corrected chi connectivity index (χ2v) is 3.98. The Morgan fingerprint density at radius 2 is 2.08 bits per heavy atom. The molecule has 0 unspecified atom stereocenters. The SMILES string of the molecule is NC1(c2ncc(Cl)cc2Cl)CC1. The molecule has 0 aromatic carbocycles. The van der Waals surface area contributed by atoms with Crippen molar-refractivity contribution in [3.05, 3.63) is 28.0 Å². The van der Waals surface area contributed by atoms with Crippen molar-refractivity contribution in [2.75, 3.05) is 0 Å². The number of aromatic nitrogens is 1. The van der Waals surface area contributed by atoms with Gasteiger partial charge in [0.25, 0.3) is 0 Å². The molecule has 1 saturated carbocycles. The topological polar surface area (TPSA) is 38.9 Å². The van der Waals surface area contributed by atoms with Crippen LogP contribution >= 0.6 is 23.2 Å². The minimum absolute atomic E-state index is 0.276. The van der Waals surface area contributed by atoms with Gasteiger partial charge in [-0.2, -0.15) is 0 Å². The monoisotopic (exact) mass is 202 g/mol. The first-order chi connectivity index (χ1) is 5.62. The molecule has 0 aliphatic heterocycles. The summed E-state index contributed by atoms with van der Waals surface area (Å²) in [7, 11) is 0. The van der Waals surface area contributed by atoms with Crippen molar-refractivity contribution >= 4 is 23.2 Å². The predicted molar refractivity (Wildman–Crippen MR) is 49.4 cm³/mol. The fourth-order valence-corrected chi connectivity index (χ4v) is 1.72. The fraction of sp³-hybridized carbons (Fsp3) is 0.375. The predicted octanol–water partition coefficient (Wildman–Crippen LogP) is 2.34. The van der Waals surface area contributed by atoms with Gasteiger partial charge in [0.05, 0.1) is 21.3 Å². The Hall–Kier alpha value is -0.310. The van der Waals surface area contributed by atoms with Crippen molar-refractivity contribution in [2.24, 2.45) is 5.73 Å². The molecule has 4 heteroatoms. The number of hydrogen-bond donors (Lipinski definition) is 1. The summed E-state index contributed by atoms with van der Waals surface area (Å²) in [4.78, 5) is 4.12. The van der Waals surface area contributed by atoms with E-state index < -0.39 is 0 Å². The lowest BCUT2D eigenvalue weighted by atomic mass is 10.2. The van der Waals surface area contributed by atoms with Crippen LogP contribution in [0.25, 0.3) is 0 Å². The summed E-state index contributed by atoms with van der Waals surface area (Å²) in [5, 5.41) is 1.12. The molecular formula is C8H8Cl2N2. The molecule has 2 nitrogen and oxygen atoms in total. The Bertz CT molecular complexity index is 321. The number of halogens is 2. The standard InChI is InChI=1S/C8H8Cl2N2/c9-5-3-6(10)7(12-4-5)8(11)1-2-8/h3-4H,1-2,11H2. The molecule has 0 amide bonds. The van der Waals surface area contributed by atoms with Gasteiger partial charge in [-0.1, -0.05) is 23.2 Å². The second-order valence-electron chi connectivity index (χ2n) is 3.14. The van der Waals surface area contributed by atoms with E-state index in [4.69, 9.17) is 28.9 Å². The molecule has 12 heavy (non-hydrogen) atoms. The number of pyridine rings is 1. The maximum absolute atomic E-state index is 5.93. The third-order valence-electron chi connectivity index (χ3n) is 2.07. The van der Waals surface area contributed by atoms with Crippen molar-refractivity contribution in [3.8, 4) is 0 Å². The van der Waals surface area contributed by atoms with E-state index in [1.54, 1.807) is 12.3 Å². The first-order valence-electron chi connectivity index (χ1n) is 3.72. The Kier molecular flexibility index (Phi) is 1.79. The van der Waals surface area contributed by atoms with E-state index in [0.717, 1.165) is 18.5 Å². The minimum atomic E-state index is -0.276. The van der Waals surface area contributed by atoms with Crippen LogP contribution in [0.2, 0.25) is 10.0 Å². The molecule has 0 radical (unpaired) electrons. The zero-order valence-electron chi connectivity index (χ0n) is 6.35. The quantitative estimate of drug-likeness (QED) is 0.760. The lowest BCUT2D eigenvalue weighted by molar-refractivity contribution is 0.708. The van der Waals surface area contributed by atoms with E-state index in [2.05, 4.69) is 4.98 Å². The van der Waals surface area contributed by atoms with E-state index in [1.165, 1.54) is 0 Å². The van der Waals surface area contributed by atoms with E-state index in [1.807, 2.05) is 0 Å². The van der Waals surface area contributed by atoms with Gasteiger partial charge in [-0.05, 0) is 18.9 Å². The average molecular weight is 203 g/mol. The third kappa shape index (κ3) is 1.30. The minimum Gasteiger partial charge on any atom is -0.320 e. The van der Waals surface area contributed by atoms with Crippen molar-refractivity contribution in [1.82, 2.24) is 4.98 Å². The molecule has 0 atom stereocenters. The van der Waals surface area contributed by atoms with Crippen LogP contribution in [0.15, 0.2) is 12.3 Å². The van der Waals surface area contributed by atoms with Crippen LogP contribution < -0.4 is 5.73 Å². The molecule has 1 aromatic heterocycles. The Morgan fingerprint density at radius 1 is 1.42 bits per heavy atom. The summed E-state index contributed by atoms with van der Waals surface area (Å²) >= 11 is 11.6. The highest BCUT2D eigenvalue weighted by molar-refractivity contribution is 6.34. The number of nitrogens with zero attached hydrogens (tertiary/aromatic N) is 1. The normalized spacial score (nSPS) is 19.2. The van der Waals surface area contributed by atoms with Crippen molar-refractivity contribution in [2.45, 2.75) is 18.4 Å². The first-order valence-corrected chi connectivity index (χ1v) is 4.48. The molecule has 64 valence electrons. The number of nitrogens with two attached hydrogens (primary N) is 1. The zero-order valence-corrected chi connectivity index (χ0v) is 7.86. The molecule has 1 heterocycles. The van der Waals surface area contributed by atoms with Crippen molar-refractivity contribution < 1.29 is 0 Å². The lowest BCUT2D eigenvalue weighted by Gasteiger charge is -2.09. The number of hydrogen-bond acceptors (Lipinski definition) is 2. The van der Waals surface area contributed by atoms with E-state index in [9.17, 15) is 0 Å². The maximum atomic E-state index is 5.93. The van der Waals surface area contributed by atoms with Crippen LogP contribution in [0.3, 0.4) is 0 Å². The van der Waals surface area contributed by atoms with Crippen LogP contribution in [0.1, 0.15) is 18.5 Å². The van der Waals surface area contributed by atoms with Crippen LogP contribution in [-0.2, 0) is 5.54 Å². The van der Waals surface area contributed by atoms with Gasteiger partial charge >= 0.3 is 0 Å². The fourth-order valence-electron chi connectivity index (χ4n) is 1.15. The summed E-state index contributed by atoms with van der Waals surface area (Å²) in [6.45, 7) is 0. The van der Waals surface area contributed by atoms with Crippen molar-refractivity contribution in [1.29, 1.82) is 0 Å². The van der Waals surface area contributed by atoms with Gasteiger partial charge in [0.2, 0.25) is 0 Å². The molecule has 1 aromatic rings. The Labute approximate surface area is 80.7 Å². The van der Waals surface area contributed by atoms with Crippen LogP contribution in [-0.4, -0.2) is 4.98 Å². The maximum Gasteiger partial charge on any atom is 0.0789 e. The highest BCUT2D eigenvalue weighted by Gasteiger charge is 2.42. The van der Waals surface area contributed by atoms with Crippen LogP contribution in [0.4, 0.5) is 0 Å². The van der Waals surface area contributed by atoms with Gasteiger partial charge in [-0.3, -0.25) is 4.98 Å². The summed E-state index contributed by atoms with van der Waals surface area (Å²) in [5.41, 5.74) is 6.42. The van der Waals surface area contributed by atoms with Crippen molar-refractivity contribution in [3.63, 3.8) is 0 Å². The Balaban J connectivity index is 2.45. The molecule has 0 saturated heterocycles. The largest absolute Gasteiger partial charge is 0.320 e. The van der Waals surface area contributed by atoms with Gasteiger partial charge in [-0.15, -0.1) is 0 Å². The third-order valence-corrected chi connectivity index (χ3v) is 2.56. The van der Waals surface area contributed by atoms with E-state index >= 15 is 0 Å². The summed E-state index contributed by atoms with van der Waals surface area (Å²) in [6.07, 6.45) is 3.50. The Morgan fingerprint density at radius 3 is 2.58 bits per heavy atom. The van der Waals surface area contributed by atoms with Gasteiger partial charge in [0.15, 0.2) is 0 Å². The summed E-state index contributed by atoms with van der Waals surface area (Å²) in [6, 6.07) is 1.68. The summed E-state index contributed by atoms with van der Waals surface area (Å²) < 4.78 is 0.